The van der Waals surface area contributed by atoms with E-state index in [1.54, 1.807) is 0 Å². The Kier molecular flexibility index (Phi) is 12.1. The summed E-state index contributed by atoms with van der Waals surface area (Å²) in [6.07, 6.45) is 10.5. The molecular formula is C19H39IN4O. The molecule has 0 radical (unpaired) electrons. The highest BCUT2D eigenvalue weighted by atomic mass is 127. The van der Waals surface area contributed by atoms with E-state index in [2.05, 4.69) is 34.4 Å². The number of nitrogens with zero attached hydrogens (tertiary/aromatic N) is 2. The first-order chi connectivity index (χ1) is 11.7. The van der Waals surface area contributed by atoms with Gasteiger partial charge in [0.15, 0.2) is 5.96 Å². The average molecular weight is 466 g/mol. The summed E-state index contributed by atoms with van der Waals surface area (Å²) in [5.41, 5.74) is 0. The maximum atomic E-state index is 5.98. The van der Waals surface area contributed by atoms with Crippen LogP contribution in [0, 0.1) is 0 Å². The first kappa shape index (κ1) is 23.0. The second kappa shape index (κ2) is 13.1. The fourth-order valence-electron chi connectivity index (χ4n) is 3.71. The predicted octanol–water partition coefficient (Wildman–Crippen LogP) is 3.38. The Morgan fingerprint density at radius 1 is 1.12 bits per heavy atom. The predicted molar refractivity (Wildman–Crippen MR) is 117 cm³/mol. The number of guanidine groups is 1. The molecule has 148 valence electrons. The Morgan fingerprint density at radius 2 is 1.80 bits per heavy atom. The highest BCUT2D eigenvalue weighted by molar-refractivity contribution is 14.0. The third kappa shape index (κ3) is 8.91. The molecule has 1 saturated heterocycles. The van der Waals surface area contributed by atoms with Crippen molar-refractivity contribution in [1.29, 1.82) is 0 Å². The van der Waals surface area contributed by atoms with E-state index >= 15 is 0 Å². The van der Waals surface area contributed by atoms with E-state index in [9.17, 15) is 0 Å². The maximum absolute atomic E-state index is 5.98. The van der Waals surface area contributed by atoms with Crippen molar-refractivity contribution in [2.45, 2.75) is 83.4 Å². The van der Waals surface area contributed by atoms with Gasteiger partial charge in [-0.1, -0.05) is 19.3 Å². The van der Waals surface area contributed by atoms with Crippen LogP contribution in [0.4, 0.5) is 0 Å². The summed E-state index contributed by atoms with van der Waals surface area (Å²) in [6.45, 7) is 8.72. The lowest BCUT2D eigenvalue weighted by Crippen LogP contribution is -2.50. The Morgan fingerprint density at radius 3 is 2.40 bits per heavy atom. The van der Waals surface area contributed by atoms with Gasteiger partial charge >= 0.3 is 0 Å². The number of likely N-dealkylation sites (tertiary alicyclic amines) is 1. The third-order valence-electron chi connectivity index (χ3n) is 5.34. The standard InChI is InChI=1S/C19H38N4O.HI/c1-16(2)23-13-10-17(11-14-23)22-19(20-3)21-12-7-15-24-18-8-5-4-6-9-18;/h16-18H,4-15H2,1-3H3,(H2,20,21,22);1H. The summed E-state index contributed by atoms with van der Waals surface area (Å²) in [5, 5.41) is 7.01. The van der Waals surface area contributed by atoms with Crippen molar-refractivity contribution in [3.8, 4) is 0 Å². The van der Waals surface area contributed by atoms with Crippen LogP contribution in [0.3, 0.4) is 0 Å². The number of ether oxygens (including phenoxy) is 1. The number of aliphatic imine (C=N–C) groups is 1. The minimum atomic E-state index is 0. The Balaban J connectivity index is 0.00000312. The minimum Gasteiger partial charge on any atom is -0.378 e. The van der Waals surface area contributed by atoms with Gasteiger partial charge in [-0.05, 0) is 46.0 Å². The molecule has 0 spiro atoms. The number of halogens is 1. The molecule has 2 fully saturated rings. The van der Waals surface area contributed by atoms with E-state index in [-0.39, 0.29) is 24.0 Å². The van der Waals surface area contributed by atoms with Gasteiger partial charge in [-0.25, -0.2) is 0 Å². The van der Waals surface area contributed by atoms with Crippen LogP contribution < -0.4 is 10.6 Å². The van der Waals surface area contributed by atoms with Crippen LogP contribution in [0.1, 0.15) is 65.2 Å². The van der Waals surface area contributed by atoms with Crippen molar-refractivity contribution in [1.82, 2.24) is 15.5 Å². The van der Waals surface area contributed by atoms with Crippen molar-refractivity contribution in [2.75, 3.05) is 33.3 Å². The lowest BCUT2D eigenvalue weighted by molar-refractivity contribution is 0.0277. The van der Waals surface area contributed by atoms with Gasteiger partial charge < -0.3 is 20.3 Å². The highest BCUT2D eigenvalue weighted by Gasteiger charge is 2.21. The number of piperidine rings is 1. The molecule has 0 bridgehead atoms. The number of rotatable bonds is 7. The summed E-state index contributed by atoms with van der Waals surface area (Å²) in [7, 11) is 1.86. The Bertz CT molecular complexity index is 364. The quantitative estimate of drug-likeness (QED) is 0.262. The van der Waals surface area contributed by atoms with Gasteiger partial charge in [0.2, 0.25) is 0 Å². The zero-order valence-corrected chi connectivity index (χ0v) is 18.8. The topological polar surface area (TPSA) is 48.9 Å². The molecule has 1 saturated carbocycles. The maximum Gasteiger partial charge on any atom is 0.191 e. The third-order valence-corrected chi connectivity index (χ3v) is 5.34. The summed E-state index contributed by atoms with van der Waals surface area (Å²) in [6, 6.07) is 1.21. The van der Waals surface area contributed by atoms with Crippen molar-refractivity contribution in [3.63, 3.8) is 0 Å². The fourth-order valence-corrected chi connectivity index (χ4v) is 3.71. The van der Waals surface area contributed by atoms with Gasteiger partial charge in [0.25, 0.3) is 0 Å². The largest absolute Gasteiger partial charge is 0.378 e. The van der Waals surface area contributed by atoms with Gasteiger partial charge in [0.1, 0.15) is 0 Å². The molecule has 2 N–H and O–H groups in total. The number of hydrogen-bond acceptors (Lipinski definition) is 3. The molecule has 1 aliphatic carbocycles. The average Bonchev–Trinajstić information content (AvgIpc) is 2.61. The van der Waals surface area contributed by atoms with Crippen LogP contribution in [0.2, 0.25) is 0 Å². The number of hydrogen-bond donors (Lipinski definition) is 2. The van der Waals surface area contributed by atoms with Gasteiger partial charge in [-0.3, -0.25) is 4.99 Å². The van der Waals surface area contributed by atoms with Crippen molar-refractivity contribution in [3.05, 3.63) is 0 Å². The molecule has 0 aromatic heterocycles. The molecule has 0 aromatic carbocycles. The first-order valence-corrected chi connectivity index (χ1v) is 10.0. The van der Waals surface area contributed by atoms with Gasteiger partial charge in [-0.15, -0.1) is 24.0 Å². The summed E-state index contributed by atoms with van der Waals surface area (Å²) >= 11 is 0. The van der Waals surface area contributed by atoms with E-state index in [1.807, 2.05) is 7.05 Å². The van der Waals surface area contributed by atoms with Crippen LogP contribution in [-0.4, -0.2) is 62.3 Å². The normalized spacial score (nSPS) is 21.2. The van der Waals surface area contributed by atoms with Crippen LogP contribution in [-0.2, 0) is 4.74 Å². The molecule has 0 unspecified atom stereocenters. The SMILES string of the molecule is CN=C(NCCCOC1CCCCC1)NC1CCN(C(C)C)CC1.I. The van der Waals surface area contributed by atoms with Gasteiger partial charge in [0, 0.05) is 45.4 Å². The molecule has 25 heavy (non-hydrogen) atoms. The molecule has 1 aliphatic heterocycles. The molecule has 0 atom stereocenters. The minimum absolute atomic E-state index is 0. The van der Waals surface area contributed by atoms with Crippen LogP contribution in [0.15, 0.2) is 4.99 Å². The van der Waals surface area contributed by atoms with E-state index in [4.69, 9.17) is 4.74 Å². The van der Waals surface area contributed by atoms with Crippen molar-refractivity contribution < 1.29 is 4.74 Å². The zero-order valence-electron chi connectivity index (χ0n) is 16.4. The monoisotopic (exact) mass is 466 g/mol. The second-order valence-corrected chi connectivity index (χ2v) is 7.53. The van der Waals surface area contributed by atoms with Crippen LogP contribution in [0.25, 0.3) is 0 Å². The molecule has 1 heterocycles. The van der Waals surface area contributed by atoms with Crippen molar-refractivity contribution in [2.24, 2.45) is 4.99 Å². The lowest BCUT2D eigenvalue weighted by atomic mass is 9.98. The van der Waals surface area contributed by atoms with E-state index < -0.39 is 0 Å². The van der Waals surface area contributed by atoms with Gasteiger partial charge in [0.05, 0.1) is 6.10 Å². The second-order valence-electron chi connectivity index (χ2n) is 7.53. The molecular weight excluding hydrogens is 427 g/mol. The van der Waals surface area contributed by atoms with E-state index in [1.165, 1.54) is 58.0 Å². The molecule has 5 nitrogen and oxygen atoms in total. The summed E-state index contributed by atoms with van der Waals surface area (Å²) in [4.78, 5) is 6.92. The zero-order chi connectivity index (χ0) is 17.2. The Hall–Kier alpha value is -0.0800. The van der Waals surface area contributed by atoms with Crippen LogP contribution in [0.5, 0.6) is 0 Å². The molecule has 0 amide bonds. The van der Waals surface area contributed by atoms with E-state index in [0.29, 0.717) is 18.2 Å². The van der Waals surface area contributed by atoms with Gasteiger partial charge in [-0.2, -0.15) is 0 Å². The molecule has 0 aromatic rings. The molecule has 6 heteroatoms. The van der Waals surface area contributed by atoms with Crippen molar-refractivity contribution >= 4 is 29.9 Å². The smallest absolute Gasteiger partial charge is 0.191 e. The Labute approximate surface area is 171 Å². The lowest BCUT2D eigenvalue weighted by Gasteiger charge is -2.35. The fraction of sp³-hybridized carbons (Fsp3) is 0.947. The molecule has 2 aliphatic rings. The summed E-state index contributed by atoms with van der Waals surface area (Å²) < 4.78 is 5.98. The number of nitrogens with one attached hydrogen (secondary N) is 2. The highest BCUT2D eigenvalue weighted by Crippen LogP contribution is 2.20. The first-order valence-electron chi connectivity index (χ1n) is 10.0. The summed E-state index contributed by atoms with van der Waals surface area (Å²) in [5.74, 6) is 0.940. The molecule has 2 rings (SSSR count). The van der Waals surface area contributed by atoms with Crippen LogP contribution >= 0.6 is 24.0 Å². The van der Waals surface area contributed by atoms with E-state index in [0.717, 1.165) is 25.5 Å².